The largest absolute Gasteiger partial charge is 0.415 e. The average Bonchev–Trinajstić information content (AvgIpc) is 2.65. The third-order valence-corrected chi connectivity index (χ3v) is 4.51. The minimum absolute atomic E-state index is 0.470. The quantitative estimate of drug-likeness (QED) is 0.785. The number of aliphatic hydroxyl groups excluding tert-OH is 1. The highest BCUT2D eigenvalue weighted by molar-refractivity contribution is 7.90. The molecule has 1 unspecified atom stereocenters. The van der Waals surface area contributed by atoms with Gasteiger partial charge < -0.3 is 5.11 Å². The Labute approximate surface area is 91.9 Å². The molecule has 0 heterocycles. The number of halogens is 3. The molecule has 1 saturated carbocycles. The molecule has 0 radical (unpaired) electrons. The lowest BCUT2D eigenvalue weighted by Gasteiger charge is -2.17. The van der Waals surface area contributed by atoms with Gasteiger partial charge in [0.15, 0.2) is 6.10 Å². The normalized spacial score (nSPS) is 21.2. The highest BCUT2D eigenvalue weighted by Crippen LogP contribution is 2.24. The van der Waals surface area contributed by atoms with Crippen LogP contribution in [0.2, 0.25) is 0 Å². The average molecular weight is 261 g/mol. The van der Waals surface area contributed by atoms with Gasteiger partial charge in [-0.25, -0.2) is 13.1 Å². The number of aliphatic hydroxyl groups is 1. The molecule has 1 rings (SSSR count). The monoisotopic (exact) mass is 261 g/mol. The van der Waals surface area contributed by atoms with E-state index in [1.807, 2.05) is 4.72 Å². The first kappa shape index (κ1) is 13.7. The predicted octanol–water partition coefficient (Wildman–Crippen LogP) is 0.772. The minimum Gasteiger partial charge on any atom is -0.382 e. The maximum Gasteiger partial charge on any atom is 0.415 e. The van der Waals surface area contributed by atoms with Gasteiger partial charge in [-0.3, -0.25) is 0 Å². The van der Waals surface area contributed by atoms with E-state index in [0.29, 0.717) is 12.8 Å². The first-order valence-electron chi connectivity index (χ1n) is 4.97. The van der Waals surface area contributed by atoms with Crippen LogP contribution in [0, 0.1) is 0 Å². The van der Waals surface area contributed by atoms with E-state index >= 15 is 0 Å². The number of hydrogen-bond donors (Lipinski definition) is 2. The molecule has 1 fully saturated rings. The van der Waals surface area contributed by atoms with Gasteiger partial charge in [0.1, 0.15) is 0 Å². The first-order chi connectivity index (χ1) is 7.23. The lowest BCUT2D eigenvalue weighted by molar-refractivity contribution is -0.200. The second kappa shape index (κ2) is 4.89. The number of sulfonamides is 1. The Bertz CT molecular complexity index is 322. The third-order valence-electron chi connectivity index (χ3n) is 2.60. The molecular formula is C8H14F3NO3S. The predicted molar refractivity (Wildman–Crippen MR) is 51.2 cm³/mol. The molecular weight excluding hydrogens is 247 g/mol. The Morgan fingerprint density at radius 1 is 1.31 bits per heavy atom. The summed E-state index contributed by atoms with van der Waals surface area (Å²) in [6, 6.07) is 0. The van der Waals surface area contributed by atoms with Gasteiger partial charge in [0.25, 0.3) is 0 Å². The van der Waals surface area contributed by atoms with E-state index in [0.717, 1.165) is 12.8 Å². The lowest BCUT2D eigenvalue weighted by atomic mass is 10.4. The van der Waals surface area contributed by atoms with Crippen LogP contribution in [-0.2, 0) is 10.0 Å². The van der Waals surface area contributed by atoms with Crippen molar-refractivity contribution < 1.29 is 26.7 Å². The van der Waals surface area contributed by atoms with Crippen molar-refractivity contribution in [2.45, 2.75) is 43.2 Å². The Hall–Kier alpha value is -0.340. The maximum absolute atomic E-state index is 11.9. The van der Waals surface area contributed by atoms with Crippen LogP contribution >= 0.6 is 0 Å². The van der Waals surface area contributed by atoms with Crippen molar-refractivity contribution in [3.63, 3.8) is 0 Å². The molecule has 1 aliphatic carbocycles. The van der Waals surface area contributed by atoms with Gasteiger partial charge in [-0.2, -0.15) is 13.2 Å². The van der Waals surface area contributed by atoms with Gasteiger partial charge in [-0.05, 0) is 12.8 Å². The zero-order valence-electron chi connectivity index (χ0n) is 8.50. The second-order valence-electron chi connectivity index (χ2n) is 3.86. The molecule has 16 heavy (non-hydrogen) atoms. The molecule has 1 atom stereocenters. The van der Waals surface area contributed by atoms with Crippen molar-refractivity contribution in [3.05, 3.63) is 0 Å². The molecule has 2 N–H and O–H groups in total. The van der Waals surface area contributed by atoms with Crippen molar-refractivity contribution in [3.8, 4) is 0 Å². The molecule has 0 aromatic rings. The Morgan fingerprint density at radius 2 is 1.81 bits per heavy atom. The summed E-state index contributed by atoms with van der Waals surface area (Å²) >= 11 is 0. The summed E-state index contributed by atoms with van der Waals surface area (Å²) in [5, 5.41) is 8.02. The number of rotatable bonds is 4. The maximum atomic E-state index is 11.9. The number of nitrogens with one attached hydrogen (secondary N) is 1. The van der Waals surface area contributed by atoms with Crippen LogP contribution in [0.3, 0.4) is 0 Å². The molecule has 0 aromatic heterocycles. The molecule has 0 bridgehead atoms. The van der Waals surface area contributed by atoms with Gasteiger partial charge in [0, 0.05) is 6.54 Å². The number of hydrogen-bond acceptors (Lipinski definition) is 3. The Kier molecular flexibility index (Phi) is 4.19. The summed E-state index contributed by atoms with van der Waals surface area (Å²) < 4.78 is 60.5. The van der Waals surface area contributed by atoms with E-state index in [4.69, 9.17) is 5.11 Å². The third kappa shape index (κ3) is 3.60. The molecule has 0 aliphatic heterocycles. The van der Waals surface area contributed by atoms with E-state index in [9.17, 15) is 21.6 Å². The van der Waals surface area contributed by atoms with Gasteiger partial charge in [0.05, 0.1) is 5.25 Å². The molecule has 96 valence electrons. The molecule has 0 saturated heterocycles. The fraction of sp³-hybridized carbons (Fsp3) is 1.00. The summed E-state index contributed by atoms with van der Waals surface area (Å²) in [7, 11) is -3.73. The summed E-state index contributed by atoms with van der Waals surface area (Å²) in [6.07, 6.45) is -4.96. The zero-order chi connectivity index (χ0) is 12.4. The SMILES string of the molecule is O=S(=O)(NCC(O)C(F)(F)F)C1CCCC1. The van der Waals surface area contributed by atoms with E-state index in [-0.39, 0.29) is 0 Å². The molecule has 0 aromatic carbocycles. The smallest absolute Gasteiger partial charge is 0.382 e. The van der Waals surface area contributed by atoms with E-state index in [1.54, 1.807) is 0 Å². The highest BCUT2D eigenvalue weighted by atomic mass is 32.2. The van der Waals surface area contributed by atoms with E-state index in [2.05, 4.69) is 0 Å². The van der Waals surface area contributed by atoms with Crippen LogP contribution in [-0.4, -0.2) is 37.6 Å². The zero-order valence-corrected chi connectivity index (χ0v) is 9.31. The van der Waals surface area contributed by atoms with E-state index < -0.39 is 34.1 Å². The van der Waals surface area contributed by atoms with Crippen LogP contribution in [0.1, 0.15) is 25.7 Å². The summed E-state index contributed by atoms with van der Waals surface area (Å²) in [6.45, 7) is -1.01. The Morgan fingerprint density at radius 3 is 2.25 bits per heavy atom. The van der Waals surface area contributed by atoms with Gasteiger partial charge >= 0.3 is 6.18 Å². The van der Waals surface area contributed by atoms with Crippen LogP contribution in [0.15, 0.2) is 0 Å². The fourth-order valence-electron chi connectivity index (χ4n) is 1.63. The van der Waals surface area contributed by atoms with Gasteiger partial charge in [-0.15, -0.1) is 0 Å². The van der Waals surface area contributed by atoms with Crippen molar-refractivity contribution in [1.82, 2.24) is 4.72 Å². The lowest BCUT2D eigenvalue weighted by Crippen LogP contribution is -2.43. The summed E-state index contributed by atoms with van der Waals surface area (Å²) in [4.78, 5) is 0. The second-order valence-corrected chi connectivity index (χ2v) is 5.90. The van der Waals surface area contributed by atoms with Crippen LogP contribution in [0.4, 0.5) is 13.2 Å². The molecule has 4 nitrogen and oxygen atoms in total. The summed E-state index contributed by atoms with van der Waals surface area (Å²) in [5.74, 6) is 0. The minimum atomic E-state index is -4.79. The molecule has 8 heteroatoms. The van der Waals surface area contributed by atoms with Crippen LogP contribution in [0.5, 0.6) is 0 Å². The van der Waals surface area contributed by atoms with Crippen molar-refractivity contribution >= 4 is 10.0 Å². The first-order valence-corrected chi connectivity index (χ1v) is 6.51. The van der Waals surface area contributed by atoms with Crippen molar-refractivity contribution in [2.75, 3.05) is 6.54 Å². The van der Waals surface area contributed by atoms with Gasteiger partial charge in [0.2, 0.25) is 10.0 Å². The summed E-state index contributed by atoms with van der Waals surface area (Å²) in [5.41, 5.74) is 0. The van der Waals surface area contributed by atoms with Crippen LogP contribution in [0.25, 0.3) is 0 Å². The molecule has 0 amide bonds. The molecule has 0 spiro atoms. The van der Waals surface area contributed by atoms with Crippen LogP contribution < -0.4 is 4.72 Å². The standard InChI is InChI=1S/C8H14F3NO3S/c9-8(10,11)7(13)5-12-16(14,15)6-3-1-2-4-6/h6-7,12-13H,1-5H2. The van der Waals surface area contributed by atoms with Crippen molar-refractivity contribution in [1.29, 1.82) is 0 Å². The van der Waals surface area contributed by atoms with E-state index in [1.165, 1.54) is 0 Å². The topological polar surface area (TPSA) is 66.4 Å². The van der Waals surface area contributed by atoms with Gasteiger partial charge in [-0.1, -0.05) is 12.8 Å². The Balaban J connectivity index is 2.48. The fourth-order valence-corrected chi connectivity index (χ4v) is 3.21. The van der Waals surface area contributed by atoms with Crippen molar-refractivity contribution in [2.24, 2.45) is 0 Å². The molecule has 1 aliphatic rings. The highest BCUT2D eigenvalue weighted by Gasteiger charge is 2.39. The number of alkyl halides is 3.